The van der Waals surface area contributed by atoms with Crippen molar-refractivity contribution in [2.45, 2.75) is 12.8 Å². The van der Waals surface area contributed by atoms with Crippen LogP contribution in [0.4, 0.5) is 0 Å². The maximum absolute atomic E-state index is 8.45. The number of aryl methyl sites for hydroxylation is 1. The summed E-state index contributed by atoms with van der Waals surface area (Å²) in [5.41, 5.74) is 0. The Kier molecular flexibility index (Phi) is 2.76. The highest BCUT2D eigenvalue weighted by Gasteiger charge is 1.92. The van der Waals surface area contributed by atoms with E-state index in [1.54, 1.807) is 6.20 Å². The maximum Gasteiger partial charge on any atom is 0.150 e. The molecule has 4 heteroatoms. The molecule has 0 unspecified atom stereocenters. The lowest BCUT2D eigenvalue weighted by molar-refractivity contribution is 0.287. The van der Waals surface area contributed by atoms with Gasteiger partial charge in [-0.1, -0.05) is 0 Å². The van der Waals surface area contributed by atoms with E-state index in [0.29, 0.717) is 18.7 Å². The smallest absolute Gasteiger partial charge is 0.150 e. The standard InChI is InChI=1S/C6H9N3O/c10-5-1-2-6-7-3-4-8-9-6/h3-4,10H,1-2,5H2. The van der Waals surface area contributed by atoms with E-state index in [1.807, 2.05) is 0 Å². The first-order valence-electron chi connectivity index (χ1n) is 3.17. The number of aliphatic hydroxyl groups is 1. The van der Waals surface area contributed by atoms with Crippen molar-refractivity contribution in [2.24, 2.45) is 0 Å². The molecule has 0 aromatic carbocycles. The molecule has 0 spiro atoms. The summed E-state index contributed by atoms with van der Waals surface area (Å²) in [6.07, 6.45) is 4.53. The first kappa shape index (κ1) is 7.08. The van der Waals surface area contributed by atoms with Crippen molar-refractivity contribution in [3.05, 3.63) is 18.2 Å². The molecule has 1 aromatic rings. The van der Waals surface area contributed by atoms with Gasteiger partial charge in [0.05, 0.1) is 6.20 Å². The number of aliphatic hydroxyl groups excluding tert-OH is 1. The van der Waals surface area contributed by atoms with Gasteiger partial charge >= 0.3 is 0 Å². The van der Waals surface area contributed by atoms with Crippen LogP contribution in [0.3, 0.4) is 0 Å². The second-order valence-electron chi connectivity index (χ2n) is 1.89. The molecule has 0 fully saturated rings. The molecule has 0 aliphatic carbocycles. The van der Waals surface area contributed by atoms with Crippen molar-refractivity contribution >= 4 is 0 Å². The van der Waals surface area contributed by atoms with E-state index in [0.717, 1.165) is 0 Å². The predicted octanol–water partition coefficient (Wildman–Crippen LogP) is -0.204. The van der Waals surface area contributed by atoms with Crippen LogP contribution < -0.4 is 0 Å². The van der Waals surface area contributed by atoms with Crippen LogP contribution in [0.1, 0.15) is 12.2 Å². The van der Waals surface area contributed by atoms with Crippen LogP contribution in [0.25, 0.3) is 0 Å². The summed E-state index contributed by atoms with van der Waals surface area (Å²) in [7, 11) is 0. The first-order chi connectivity index (χ1) is 4.93. The second-order valence-corrected chi connectivity index (χ2v) is 1.89. The molecule has 0 saturated heterocycles. The van der Waals surface area contributed by atoms with Gasteiger partial charge in [-0.05, 0) is 6.42 Å². The normalized spacial score (nSPS) is 9.70. The highest BCUT2D eigenvalue weighted by atomic mass is 16.2. The molecule has 0 bridgehead atoms. The summed E-state index contributed by atoms with van der Waals surface area (Å²) in [6.45, 7) is 0.179. The van der Waals surface area contributed by atoms with Gasteiger partial charge in [-0.25, -0.2) is 4.98 Å². The lowest BCUT2D eigenvalue weighted by atomic mass is 10.3. The van der Waals surface area contributed by atoms with E-state index in [9.17, 15) is 0 Å². The van der Waals surface area contributed by atoms with Gasteiger partial charge in [0.15, 0.2) is 5.82 Å². The molecule has 1 N–H and O–H groups in total. The van der Waals surface area contributed by atoms with Gasteiger partial charge in [-0.3, -0.25) is 0 Å². The number of hydrogen-bond acceptors (Lipinski definition) is 4. The Balaban J connectivity index is 2.43. The van der Waals surface area contributed by atoms with Gasteiger partial charge in [0, 0.05) is 19.2 Å². The summed E-state index contributed by atoms with van der Waals surface area (Å²) in [5, 5.41) is 15.8. The van der Waals surface area contributed by atoms with E-state index in [1.165, 1.54) is 6.20 Å². The minimum atomic E-state index is 0.179. The van der Waals surface area contributed by atoms with Gasteiger partial charge < -0.3 is 5.11 Å². The van der Waals surface area contributed by atoms with Crippen molar-refractivity contribution < 1.29 is 5.11 Å². The number of hydrogen-bond donors (Lipinski definition) is 1. The highest BCUT2D eigenvalue weighted by molar-refractivity contribution is 4.80. The Morgan fingerprint density at radius 1 is 1.40 bits per heavy atom. The zero-order chi connectivity index (χ0) is 7.23. The Hall–Kier alpha value is -1.03. The van der Waals surface area contributed by atoms with Crippen LogP contribution in [0.2, 0.25) is 0 Å². The van der Waals surface area contributed by atoms with Crippen molar-refractivity contribution in [3.63, 3.8) is 0 Å². The summed E-state index contributed by atoms with van der Waals surface area (Å²) in [6, 6.07) is 0. The molecule has 0 atom stereocenters. The van der Waals surface area contributed by atoms with Crippen LogP contribution in [0, 0.1) is 0 Å². The van der Waals surface area contributed by atoms with E-state index in [2.05, 4.69) is 15.2 Å². The van der Waals surface area contributed by atoms with Crippen molar-refractivity contribution in [3.8, 4) is 0 Å². The van der Waals surface area contributed by atoms with Crippen molar-refractivity contribution in [1.82, 2.24) is 15.2 Å². The number of rotatable bonds is 3. The maximum atomic E-state index is 8.45. The predicted molar refractivity (Wildman–Crippen MR) is 35.2 cm³/mol. The van der Waals surface area contributed by atoms with Crippen molar-refractivity contribution in [2.75, 3.05) is 6.61 Å². The lowest BCUT2D eigenvalue weighted by Crippen LogP contribution is -1.97. The molecule has 0 aliphatic rings. The summed E-state index contributed by atoms with van der Waals surface area (Å²) >= 11 is 0. The zero-order valence-electron chi connectivity index (χ0n) is 5.56. The fourth-order valence-electron chi connectivity index (χ4n) is 0.627. The van der Waals surface area contributed by atoms with Crippen LogP contribution in [-0.2, 0) is 6.42 Å². The van der Waals surface area contributed by atoms with Crippen LogP contribution in [0.5, 0.6) is 0 Å². The third-order valence-corrected chi connectivity index (χ3v) is 1.09. The van der Waals surface area contributed by atoms with Crippen molar-refractivity contribution in [1.29, 1.82) is 0 Å². The average molecular weight is 139 g/mol. The number of nitrogens with zero attached hydrogens (tertiary/aromatic N) is 3. The van der Waals surface area contributed by atoms with Gasteiger partial charge in [-0.15, -0.1) is 5.10 Å². The lowest BCUT2D eigenvalue weighted by Gasteiger charge is -1.92. The Morgan fingerprint density at radius 3 is 2.90 bits per heavy atom. The quantitative estimate of drug-likeness (QED) is 0.629. The third-order valence-electron chi connectivity index (χ3n) is 1.09. The Bertz CT molecular complexity index is 178. The van der Waals surface area contributed by atoms with E-state index in [4.69, 9.17) is 5.11 Å². The van der Waals surface area contributed by atoms with Gasteiger partial charge in [0.25, 0.3) is 0 Å². The molecule has 1 rings (SSSR count). The first-order valence-corrected chi connectivity index (χ1v) is 3.17. The van der Waals surface area contributed by atoms with E-state index < -0.39 is 0 Å². The summed E-state index contributed by atoms with van der Waals surface area (Å²) in [4.78, 5) is 3.93. The van der Waals surface area contributed by atoms with Gasteiger partial charge in [0.1, 0.15) is 0 Å². The molecule has 4 nitrogen and oxygen atoms in total. The largest absolute Gasteiger partial charge is 0.396 e. The van der Waals surface area contributed by atoms with Crippen LogP contribution in [-0.4, -0.2) is 26.9 Å². The second kappa shape index (κ2) is 3.90. The molecule has 1 aromatic heterocycles. The summed E-state index contributed by atoms with van der Waals surface area (Å²) in [5.74, 6) is 0.691. The summed E-state index contributed by atoms with van der Waals surface area (Å²) < 4.78 is 0. The molecule has 54 valence electrons. The molecular formula is C6H9N3O. The SMILES string of the molecule is OCCCc1nccnn1. The Labute approximate surface area is 58.9 Å². The molecule has 0 radical (unpaired) electrons. The minimum Gasteiger partial charge on any atom is -0.396 e. The highest BCUT2D eigenvalue weighted by Crippen LogP contribution is 1.90. The van der Waals surface area contributed by atoms with E-state index in [-0.39, 0.29) is 6.61 Å². The molecule has 10 heavy (non-hydrogen) atoms. The fourth-order valence-corrected chi connectivity index (χ4v) is 0.627. The monoisotopic (exact) mass is 139 g/mol. The van der Waals surface area contributed by atoms with E-state index >= 15 is 0 Å². The molecule has 0 aliphatic heterocycles. The molecule has 0 amide bonds. The van der Waals surface area contributed by atoms with Crippen LogP contribution in [0.15, 0.2) is 12.4 Å². The van der Waals surface area contributed by atoms with Gasteiger partial charge in [-0.2, -0.15) is 5.10 Å². The van der Waals surface area contributed by atoms with Crippen LogP contribution >= 0.6 is 0 Å². The Morgan fingerprint density at radius 2 is 2.30 bits per heavy atom. The molecular weight excluding hydrogens is 130 g/mol. The minimum absolute atomic E-state index is 0.179. The number of aromatic nitrogens is 3. The van der Waals surface area contributed by atoms with Gasteiger partial charge in [0.2, 0.25) is 0 Å². The molecule has 1 heterocycles. The topological polar surface area (TPSA) is 58.9 Å². The molecule has 0 saturated carbocycles. The fraction of sp³-hybridized carbons (Fsp3) is 0.500. The zero-order valence-corrected chi connectivity index (χ0v) is 5.56. The third kappa shape index (κ3) is 2.06. The average Bonchev–Trinajstić information content (AvgIpc) is 2.03.